The van der Waals surface area contributed by atoms with Crippen molar-refractivity contribution < 1.29 is 14.6 Å². The zero-order chi connectivity index (χ0) is 23.7. The molecule has 34 heavy (non-hydrogen) atoms. The fraction of sp³-hybridized carbons (Fsp3) is 0.333. The lowest BCUT2D eigenvalue weighted by atomic mass is 9.77. The van der Waals surface area contributed by atoms with Gasteiger partial charge in [-0.25, -0.2) is 0 Å². The van der Waals surface area contributed by atoms with Gasteiger partial charge >= 0.3 is 0 Å². The topological polar surface area (TPSA) is 41.9 Å². The van der Waals surface area contributed by atoms with Crippen molar-refractivity contribution in [2.75, 3.05) is 26.2 Å². The molecular formula is C30H33NO3. The second kappa shape index (κ2) is 9.19. The maximum absolute atomic E-state index is 9.85. The van der Waals surface area contributed by atoms with Crippen LogP contribution in [-0.4, -0.2) is 36.2 Å². The van der Waals surface area contributed by atoms with Gasteiger partial charge in [-0.2, -0.15) is 0 Å². The molecule has 1 saturated heterocycles. The number of fused-ring (bicyclic) bond motifs is 1. The van der Waals surface area contributed by atoms with Gasteiger partial charge in [0.1, 0.15) is 23.9 Å². The summed E-state index contributed by atoms with van der Waals surface area (Å²) in [5.41, 5.74) is 4.79. The molecule has 4 nitrogen and oxygen atoms in total. The normalized spacial score (nSPS) is 22.4. The minimum Gasteiger partial charge on any atom is -0.508 e. The Balaban J connectivity index is 1.42. The summed E-state index contributed by atoms with van der Waals surface area (Å²) in [6, 6.07) is 23.9. The van der Waals surface area contributed by atoms with E-state index in [1.807, 2.05) is 42.5 Å². The summed E-state index contributed by atoms with van der Waals surface area (Å²) < 4.78 is 12.8. The van der Waals surface area contributed by atoms with Crippen molar-refractivity contribution in [1.82, 2.24) is 4.90 Å². The average Bonchev–Trinajstić information content (AvgIpc) is 3.25. The Kier molecular flexibility index (Phi) is 6.09. The van der Waals surface area contributed by atoms with E-state index in [-0.39, 0.29) is 5.75 Å². The molecule has 0 radical (unpaired) electrons. The van der Waals surface area contributed by atoms with Crippen LogP contribution < -0.4 is 9.47 Å². The third-order valence-electron chi connectivity index (χ3n) is 7.20. The highest BCUT2D eigenvalue weighted by Crippen LogP contribution is 2.50. The molecule has 176 valence electrons. The van der Waals surface area contributed by atoms with E-state index < -0.39 is 5.60 Å². The lowest BCUT2D eigenvalue weighted by Gasteiger charge is -2.40. The third-order valence-corrected chi connectivity index (χ3v) is 7.20. The van der Waals surface area contributed by atoms with Gasteiger partial charge in [-0.1, -0.05) is 49.4 Å². The molecule has 2 atom stereocenters. The SMILES string of the molecule is CC1=C(c2ccc(O)cc2)C(C)(c2ccc(OCCN3CCC(C)C3)cc2)Oc2ccccc21. The Morgan fingerprint density at radius 1 is 1.03 bits per heavy atom. The first-order chi connectivity index (χ1) is 16.4. The number of hydrogen-bond acceptors (Lipinski definition) is 4. The lowest BCUT2D eigenvalue weighted by molar-refractivity contribution is 0.148. The fourth-order valence-electron chi connectivity index (χ4n) is 5.34. The number of benzene rings is 3. The summed E-state index contributed by atoms with van der Waals surface area (Å²) in [4.78, 5) is 2.48. The number of ether oxygens (including phenoxy) is 2. The number of rotatable bonds is 6. The summed E-state index contributed by atoms with van der Waals surface area (Å²) >= 11 is 0. The van der Waals surface area contributed by atoms with Crippen molar-refractivity contribution in [2.24, 2.45) is 5.92 Å². The highest BCUT2D eigenvalue weighted by Gasteiger charge is 2.40. The second-order valence-corrected chi connectivity index (χ2v) is 9.75. The van der Waals surface area contributed by atoms with Crippen molar-refractivity contribution >= 4 is 11.1 Å². The van der Waals surface area contributed by atoms with Gasteiger partial charge in [-0.05, 0) is 79.8 Å². The highest BCUT2D eigenvalue weighted by atomic mass is 16.5. The number of phenols is 1. The molecular weight excluding hydrogens is 422 g/mol. The van der Waals surface area contributed by atoms with Crippen molar-refractivity contribution in [3.05, 3.63) is 89.5 Å². The van der Waals surface area contributed by atoms with Crippen LogP contribution in [0, 0.1) is 5.92 Å². The Morgan fingerprint density at radius 2 is 1.76 bits per heavy atom. The summed E-state index contributed by atoms with van der Waals surface area (Å²) in [7, 11) is 0. The van der Waals surface area contributed by atoms with E-state index in [2.05, 4.69) is 43.9 Å². The molecule has 0 bridgehead atoms. The molecule has 3 aromatic rings. The molecule has 2 aliphatic rings. The first kappa shape index (κ1) is 22.5. The number of hydrogen-bond donors (Lipinski definition) is 1. The van der Waals surface area contributed by atoms with Gasteiger partial charge in [-0.15, -0.1) is 0 Å². The van der Waals surface area contributed by atoms with Crippen molar-refractivity contribution in [3.8, 4) is 17.2 Å². The molecule has 0 spiro atoms. The number of para-hydroxylation sites is 1. The second-order valence-electron chi connectivity index (χ2n) is 9.75. The number of aromatic hydroxyl groups is 1. The minimum absolute atomic E-state index is 0.255. The molecule has 3 aromatic carbocycles. The van der Waals surface area contributed by atoms with E-state index in [0.717, 1.165) is 46.2 Å². The first-order valence-corrected chi connectivity index (χ1v) is 12.2. The summed E-state index contributed by atoms with van der Waals surface area (Å²) in [6.07, 6.45) is 1.28. The molecule has 4 heteroatoms. The molecule has 2 aliphatic heterocycles. The molecule has 2 unspecified atom stereocenters. The molecule has 0 aromatic heterocycles. The molecule has 0 aliphatic carbocycles. The third kappa shape index (κ3) is 4.30. The monoisotopic (exact) mass is 455 g/mol. The van der Waals surface area contributed by atoms with Crippen LogP contribution in [0.25, 0.3) is 11.1 Å². The quantitative estimate of drug-likeness (QED) is 0.470. The molecule has 1 N–H and O–H groups in total. The van der Waals surface area contributed by atoms with E-state index in [4.69, 9.17) is 9.47 Å². The highest BCUT2D eigenvalue weighted by molar-refractivity contribution is 5.97. The molecule has 5 rings (SSSR count). The van der Waals surface area contributed by atoms with Gasteiger partial charge in [0.25, 0.3) is 0 Å². The van der Waals surface area contributed by atoms with Crippen LogP contribution in [0.15, 0.2) is 72.8 Å². The Bertz CT molecular complexity index is 1180. The number of phenolic OH excluding ortho intramolecular Hbond substituents is 1. The zero-order valence-corrected chi connectivity index (χ0v) is 20.3. The lowest BCUT2D eigenvalue weighted by Crippen LogP contribution is -2.34. The van der Waals surface area contributed by atoms with Crippen LogP contribution in [0.3, 0.4) is 0 Å². The van der Waals surface area contributed by atoms with E-state index in [1.165, 1.54) is 25.1 Å². The number of nitrogens with zero attached hydrogens (tertiary/aromatic N) is 1. The van der Waals surface area contributed by atoms with Gasteiger partial charge in [0, 0.05) is 24.2 Å². The predicted octanol–water partition coefficient (Wildman–Crippen LogP) is 6.35. The van der Waals surface area contributed by atoms with Gasteiger partial charge in [0.2, 0.25) is 0 Å². The molecule has 2 heterocycles. The average molecular weight is 456 g/mol. The van der Waals surface area contributed by atoms with E-state index in [9.17, 15) is 5.11 Å². The van der Waals surface area contributed by atoms with Crippen molar-refractivity contribution in [1.29, 1.82) is 0 Å². The van der Waals surface area contributed by atoms with Crippen LogP contribution in [0.5, 0.6) is 17.2 Å². The maximum Gasteiger partial charge on any atom is 0.157 e. The summed E-state index contributed by atoms with van der Waals surface area (Å²) in [6.45, 7) is 10.6. The molecule has 0 amide bonds. The standard InChI is InChI=1S/C30H33NO3/c1-21-16-17-31(20-21)18-19-33-26-14-10-24(11-15-26)30(3)29(23-8-12-25(32)13-9-23)22(2)27-6-4-5-7-28(27)34-30/h4-15,21,32H,16-20H2,1-3H3. The predicted molar refractivity (Wildman–Crippen MR) is 137 cm³/mol. The number of allylic oxidation sites excluding steroid dienone is 1. The molecule has 0 saturated carbocycles. The Labute approximate surface area is 202 Å². The van der Waals surface area contributed by atoms with Crippen LogP contribution in [-0.2, 0) is 5.60 Å². The van der Waals surface area contributed by atoms with Crippen LogP contribution in [0.2, 0.25) is 0 Å². The Morgan fingerprint density at radius 3 is 2.47 bits per heavy atom. The van der Waals surface area contributed by atoms with Crippen LogP contribution >= 0.6 is 0 Å². The van der Waals surface area contributed by atoms with Gasteiger partial charge in [0.15, 0.2) is 5.60 Å². The van der Waals surface area contributed by atoms with Crippen LogP contribution in [0.1, 0.15) is 43.9 Å². The summed E-state index contributed by atoms with van der Waals surface area (Å²) in [5, 5.41) is 9.85. The summed E-state index contributed by atoms with van der Waals surface area (Å²) in [5.74, 6) is 2.80. The molecule has 1 fully saturated rings. The maximum atomic E-state index is 9.85. The van der Waals surface area contributed by atoms with Gasteiger partial charge < -0.3 is 14.6 Å². The van der Waals surface area contributed by atoms with Gasteiger partial charge in [-0.3, -0.25) is 4.90 Å². The zero-order valence-electron chi connectivity index (χ0n) is 20.3. The van der Waals surface area contributed by atoms with Gasteiger partial charge in [0.05, 0.1) is 0 Å². The van der Waals surface area contributed by atoms with E-state index >= 15 is 0 Å². The smallest absolute Gasteiger partial charge is 0.157 e. The largest absolute Gasteiger partial charge is 0.508 e. The minimum atomic E-state index is -0.681. The Hall–Kier alpha value is -3.24. The van der Waals surface area contributed by atoms with Crippen molar-refractivity contribution in [2.45, 2.75) is 32.8 Å². The fourth-order valence-corrected chi connectivity index (χ4v) is 5.34. The van der Waals surface area contributed by atoms with Crippen LogP contribution in [0.4, 0.5) is 0 Å². The number of likely N-dealkylation sites (tertiary alicyclic amines) is 1. The van der Waals surface area contributed by atoms with E-state index in [0.29, 0.717) is 6.61 Å². The van der Waals surface area contributed by atoms with Crippen molar-refractivity contribution in [3.63, 3.8) is 0 Å². The van der Waals surface area contributed by atoms with E-state index in [1.54, 1.807) is 12.1 Å². The first-order valence-electron chi connectivity index (χ1n) is 12.2.